The fourth-order valence-corrected chi connectivity index (χ4v) is 3.88. The van der Waals surface area contributed by atoms with Crippen LogP contribution in [-0.4, -0.2) is 17.4 Å². The summed E-state index contributed by atoms with van der Waals surface area (Å²) >= 11 is 7.44. The Hall–Kier alpha value is -2.17. The van der Waals surface area contributed by atoms with Crippen LogP contribution in [0.25, 0.3) is 10.4 Å². The molecule has 0 saturated carbocycles. The zero-order chi connectivity index (χ0) is 15.8. The van der Waals surface area contributed by atoms with Gasteiger partial charge >= 0.3 is 0 Å². The number of hydrogen-bond donors (Lipinski definition) is 0. The van der Waals surface area contributed by atoms with Gasteiger partial charge in [0.25, 0.3) is 5.91 Å². The molecule has 0 fully saturated rings. The van der Waals surface area contributed by atoms with E-state index in [0.29, 0.717) is 11.6 Å². The quantitative estimate of drug-likeness (QED) is 0.679. The number of aromatic nitrogens is 1. The average Bonchev–Trinajstić information content (AvgIpc) is 3.22. The molecular formula is C18H13ClN2OS. The molecule has 0 unspecified atom stereocenters. The lowest BCUT2D eigenvalue weighted by Crippen LogP contribution is -2.28. The number of benzene rings is 1. The average molecular weight is 341 g/mol. The molecule has 3 aromatic rings. The van der Waals surface area contributed by atoms with Gasteiger partial charge in [-0.15, -0.1) is 11.3 Å². The first kappa shape index (κ1) is 14.4. The largest absolute Gasteiger partial charge is 0.307 e. The van der Waals surface area contributed by atoms with Gasteiger partial charge in [-0.2, -0.15) is 0 Å². The topological polar surface area (TPSA) is 33.2 Å². The highest BCUT2D eigenvalue weighted by Gasteiger charge is 2.26. The molecule has 3 nitrogen and oxygen atoms in total. The summed E-state index contributed by atoms with van der Waals surface area (Å²) in [6.45, 7) is 0.716. The highest BCUT2D eigenvalue weighted by molar-refractivity contribution is 7.17. The molecule has 1 aliphatic rings. The van der Waals surface area contributed by atoms with Crippen LogP contribution in [0.3, 0.4) is 0 Å². The molecule has 114 valence electrons. The van der Waals surface area contributed by atoms with E-state index >= 15 is 0 Å². The SMILES string of the molecule is O=C(c1ccc(-c2ccc(Cl)cc2)s1)N1CCc2cnccc21. The van der Waals surface area contributed by atoms with Gasteiger partial charge in [0.2, 0.25) is 0 Å². The molecule has 3 heterocycles. The maximum Gasteiger partial charge on any atom is 0.268 e. The molecule has 1 amide bonds. The molecule has 0 spiro atoms. The Morgan fingerprint density at radius 2 is 1.96 bits per heavy atom. The second kappa shape index (κ2) is 5.80. The summed E-state index contributed by atoms with van der Waals surface area (Å²) < 4.78 is 0. The lowest BCUT2D eigenvalue weighted by molar-refractivity contribution is 0.0993. The zero-order valence-corrected chi connectivity index (χ0v) is 13.8. The summed E-state index contributed by atoms with van der Waals surface area (Å²) in [5.74, 6) is 0.0557. The van der Waals surface area contributed by atoms with Gasteiger partial charge in [-0.1, -0.05) is 23.7 Å². The van der Waals surface area contributed by atoms with E-state index in [1.807, 2.05) is 53.6 Å². The molecule has 5 heteroatoms. The van der Waals surface area contributed by atoms with E-state index in [1.54, 1.807) is 6.20 Å². The number of thiophene rings is 1. The van der Waals surface area contributed by atoms with E-state index in [0.717, 1.165) is 33.0 Å². The number of pyridine rings is 1. The van der Waals surface area contributed by atoms with Gasteiger partial charge < -0.3 is 4.90 Å². The first-order chi connectivity index (χ1) is 11.2. The van der Waals surface area contributed by atoms with Crippen molar-refractivity contribution in [3.63, 3.8) is 0 Å². The third-order valence-corrected chi connectivity index (χ3v) is 5.34. The lowest BCUT2D eigenvalue weighted by atomic mass is 10.2. The number of halogens is 1. The minimum atomic E-state index is 0.0557. The minimum absolute atomic E-state index is 0.0557. The van der Waals surface area contributed by atoms with Gasteiger partial charge in [-0.3, -0.25) is 9.78 Å². The summed E-state index contributed by atoms with van der Waals surface area (Å²) in [6.07, 6.45) is 4.44. The molecule has 0 bridgehead atoms. The van der Waals surface area contributed by atoms with Crippen molar-refractivity contribution in [2.75, 3.05) is 11.4 Å². The molecule has 23 heavy (non-hydrogen) atoms. The Labute approximate surface area is 143 Å². The third kappa shape index (κ3) is 2.64. The predicted octanol–water partition coefficient (Wildman–Crippen LogP) is 4.67. The number of carbonyl (C=O) groups excluding carboxylic acids is 1. The molecule has 0 saturated heterocycles. The van der Waals surface area contributed by atoms with Crippen molar-refractivity contribution in [1.82, 2.24) is 4.98 Å². The summed E-state index contributed by atoms with van der Waals surface area (Å²) in [5.41, 5.74) is 3.19. The number of carbonyl (C=O) groups is 1. The van der Waals surface area contributed by atoms with Crippen LogP contribution in [0.15, 0.2) is 54.9 Å². The first-order valence-electron chi connectivity index (χ1n) is 7.33. The molecule has 0 aliphatic carbocycles. The van der Waals surface area contributed by atoms with Gasteiger partial charge in [-0.05, 0) is 47.9 Å². The molecule has 4 rings (SSSR count). The van der Waals surface area contributed by atoms with Crippen molar-refractivity contribution in [3.8, 4) is 10.4 Å². The molecule has 1 aliphatic heterocycles. The van der Waals surface area contributed by atoms with Crippen LogP contribution < -0.4 is 4.90 Å². The fourth-order valence-electron chi connectivity index (χ4n) is 2.79. The predicted molar refractivity (Wildman–Crippen MR) is 94.4 cm³/mol. The number of anilines is 1. The zero-order valence-electron chi connectivity index (χ0n) is 12.2. The van der Waals surface area contributed by atoms with Crippen molar-refractivity contribution in [3.05, 3.63) is 70.3 Å². The van der Waals surface area contributed by atoms with E-state index in [9.17, 15) is 4.79 Å². The van der Waals surface area contributed by atoms with Crippen LogP contribution in [-0.2, 0) is 6.42 Å². The Balaban J connectivity index is 1.62. The van der Waals surface area contributed by atoms with Crippen LogP contribution >= 0.6 is 22.9 Å². The maximum atomic E-state index is 12.8. The molecule has 0 N–H and O–H groups in total. The van der Waals surface area contributed by atoms with Crippen molar-refractivity contribution in [2.45, 2.75) is 6.42 Å². The van der Waals surface area contributed by atoms with Gasteiger partial charge in [0, 0.05) is 28.8 Å². The summed E-state index contributed by atoms with van der Waals surface area (Å²) in [7, 11) is 0. The molecule has 0 radical (unpaired) electrons. The summed E-state index contributed by atoms with van der Waals surface area (Å²) in [6, 6.07) is 13.5. The summed E-state index contributed by atoms with van der Waals surface area (Å²) in [5, 5.41) is 0.712. The second-order valence-electron chi connectivity index (χ2n) is 5.38. The maximum absolute atomic E-state index is 12.8. The number of amides is 1. The molecule has 0 atom stereocenters. The van der Waals surface area contributed by atoms with Crippen LogP contribution in [0.1, 0.15) is 15.2 Å². The van der Waals surface area contributed by atoms with E-state index in [2.05, 4.69) is 4.98 Å². The van der Waals surface area contributed by atoms with E-state index < -0.39 is 0 Å². The Kier molecular flexibility index (Phi) is 3.63. The number of rotatable bonds is 2. The van der Waals surface area contributed by atoms with E-state index in [-0.39, 0.29) is 5.91 Å². The number of hydrogen-bond acceptors (Lipinski definition) is 3. The fraction of sp³-hybridized carbons (Fsp3) is 0.111. The Morgan fingerprint density at radius 3 is 2.78 bits per heavy atom. The van der Waals surface area contributed by atoms with Crippen molar-refractivity contribution in [1.29, 1.82) is 0 Å². The first-order valence-corrected chi connectivity index (χ1v) is 8.52. The number of fused-ring (bicyclic) bond motifs is 1. The lowest BCUT2D eigenvalue weighted by Gasteiger charge is -2.15. The molecular weight excluding hydrogens is 328 g/mol. The van der Waals surface area contributed by atoms with Gasteiger partial charge in [-0.25, -0.2) is 0 Å². The molecule has 1 aromatic carbocycles. The van der Waals surface area contributed by atoms with E-state index in [1.165, 1.54) is 11.3 Å². The standard InChI is InChI=1S/C18H13ClN2OS/c19-14-3-1-12(2-4-14)16-5-6-17(23-16)18(22)21-10-8-13-11-20-9-7-15(13)21/h1-7,9,11H,8,10H2. The Morgan fingerprint density at radius 1 is 1.13 bits per heavy atom. The molecule has 2 aromatic heterocycles. The minimum Gasteiger partial charge on any atom is -0.307 e. The van der Waals surface area contributed by atoms with Crippen LogP contribution in [0.2, 0.25) is 5.02 Å². The van der Waals surface area contributed by atoms with Crippen LogP contribution in [0.4, 0.5) is 5.69 Å². The van der Waals surface area contributed by atoms with Crippen LogP contribution in [0, 0.1) is 0 Å². The van der Waals surface area contributed by atoms with Gasteiger partial charge in [0.1, 0.15) is 0 Å². The highest BCUT2D eigenvalue weighted by Crippen LogP contribution is 2.33. The van der Waals surface area contributed by atoms with Crippen molar-refractivity contribution >= 4 is 34.5 Å². The normalized spacial score (nSPS) is 13.2. The van der Waals surface area contributed by atoms with Crippen LogP contribution in [0.5, 0.6) is 0 Å². The van der Waals surface area contributed by atoms with Gasteiger partial charge in [0.15, 0.2) is 0 Å². The van der Waals surface area contributed by atoms with Crippen molar-refractivity contribution in [2.24, 2.45) is 0 Å². The third-order valence-electron chi connectivity index (χ3n) is 3.96. The van der Waals surface area contributed by atoms with Crippen molar-refractivity contribution < 1.29 is 4.79 Å². The van der Waals surface area contributed by atoms with E-state index in [4.69, 9.17) is 11.6 Å². The Bertz CT molecular complexity index is 873. The summed E-state index contributed by atoms with van der Waals surface area (Å²) in [4.78, 5) is 20.6. The second-order valence-corrected chi connectivity index (χ2v) is 6.90. The monoisotopic (exact) mass is 340 g/mol. The smallest absolute Gasteiger partial charge is 0.268 e. The van der Waals surface area contributed by atoms with Gasteiger partial charge in [0.05, 0.1) is 10.6 Å². The number of nitrogens with zero attached hydrogens (tertiary/aromatic N) is 2. The highest BCUT2D eigenvalue weighted by atomic mass is 35.5.